The Labute approximate surface area is 132 Å². The van der Waals surface area contributed by atoms with Crippen LogP contribution in [0, 0.1) is 17.3 Å². The van der Waals surface area contributed by atoms with E-state index in [0.29, 0.717) is 12.3 Å². The van der Waals surface area contributed by atoms with Gasteiger partial charge in [0.2, 0.25) is 5.91 Å². The number of carboxylic acid groups (broad SMARTS) is 1. The Balaban J connectivity index is 2.61. The highest BCUT2D eigenvalue weighted by atomic mass is 16.4. The molecule has 122 valence electrons. The van der Waals surface area contributed by atoms with Crippen LogP contribution in [-0.2, 0) is 16.0 Å². The zero-order chi connectivity index (χ0) is 16.8. The maximum atomic E-state index is 12.3. The van der Waals surface area contributed by atoms with Crippen LogP contribution in [0.5, 0.6) is 0 Å². The Bertz CT molecular complexity index is 494. The van der Waals surface area contributed by atoms with Crippen molar-refractivity contribution < 1.29 is 14.7 Å². The summed E-state index contributed by atoms with van der Waals surface area (Å²) in [5.74, 6) is -1.16. The van der Waals surface area contributed by atoms with Gasteiger partial charge in [-0.05, 0) is 24.3 Å². The Kier molecular flexibility index (Phi) is 6.60. The maximum Gasteiger partial charge on any atom is 0.308 e. The number of aliphatic carboxylic acids is 1. The Hall–Kier alpha value is -1.84. The van der Waals surface area contributed by atoms with Crippen molar-refractivity contribution in [3.05, 3.63) is 35.9 Å². The predicted octanol–water partition coefficient (Wildman–Crippen LogP) is 3.12. The molecule has 0 aromatic heterocycles. The van der Waals surface area contributed by atoms with Crippen LogP contribution in [0.3, 0.4) is 0 Å². The van der Waals surface area contributed by atoms with Crippen LogP contribution in [0.15, 0.2) is 30.3 Å². The van der Waals surface area contributed by atoms with Crippen molar-refractivity contribution in [2.24, 2.45) is 17.3 Å². The first-order chi connectivity index (χ1) is 10.2. The number of carbonyl (C=O) groups is 2. The lowest BCUT2D eigenvalue weighted by molar-refractivity contribution is -0.142. The molecule has 0 aliphatic rings. The van der Waals surface area contributed by atoms with Crippen molar-refractivity contribution in [3.63, 3.8) is 0 Å². The number of nitrogens with one attached hydrogen (secondary N) is 1. The highest BCUT2D eigenvalue weighted by molar-refractivity contribution is 5.82. The summed E-state index contributed by atoms with van der Waals surface area (Å²) >= 11 is 0. The second-order valence-electron chi connectivity index (χ2n) is 6.92. The summed E-state index contributed by atoms with van der Waals surface area (Å²) in [7, 11) is 0. The summed E-state index contributed by atoms with van der Waals surface area (Å²) in [6, 6.07) is 9.48. The van der Waals surface area contributed by atoms with E-state index in [-0.39, 0.29) is 12.5 Å². The number of carboxylic acids is 1. The molecule has 0 heterocycles. The van der Waals surface area contributed by atoms with Crippen LogP contribution in [0.2, 0.25) is 0 Å². The van der Waals surface area contributed by atoms with Gasteiger partial charge >= 0.3 is 5.97 Å². The topological polar surface area (TPSA) is 66.4 Å². The number of carbonyl (C=O) groups excluding carboxylic acids is 1. The van der Waals surface area contributed by atoms with E-state index in [9.17, 15) is 14.7 Å². The van der Waals surface area contributed by atoms with Crippen molar-refractivity contribution in [2.75, 3.05) is 6.54 Å². The maximum absolute atomic E-state index is 12.3. The van der Waals surface area contributed by atoms with Crippen molar-refractivity contribution >= 4 is 11.9 Å². The number of amides is 1. The highest BCUT2D eigenvalue weighted by Gasteiger charge is 2.29. The van der Waals surface area contributed by atoms with E-state index < -0.39 is 17.3 Å². The summed E-state index contributed by atoms with van der Waals surface area (Å²) < 4.78 is 0. The summed E-state index contributed by atoms with van der Waals surface area (Å²) in [4.78, 5) is 23.7. The van der Waals surface area contributed by atoms with Gasteiger partial charge in [0.05, 0.1) is 5.92 Å². The minimum Gasteiger partial charge on any atom is -0.481 e. The Morgan fingerprint density at radius 3 is 2.27 bits per heavy atom. The molecule has 4 nitrogen and oxygen atoms in total. The lowest BCUT2D eigenvalue weighted by Gasteiger charge is -2.26. The molecule has 0 spiro atoms. The molecule has 4 heteroatoms. The van der Waals surface area contributed by atoms with E-state index in [0.717, 1.165) is 12.0 Å². The molecule has 1 aromatic carbocycles. The average molecular weight is 305 g/mol. The van der Waals surface area contributed by atoms with Crippen molar-refractivity contribution in [2.45, 2.75) is 40.5 Å². The van der Waals surface area contributed by atoms with Gasteiger partial charge in [0.1, 0.15) is 0 Å². The zero-order valence-corrected chi connectivity index (χ0v) is 13.9. The fourth-order valence-corrected chi connectivity index (χ4v) is 2.71. The molecule has 1 amide bonds. The molecule has 1 atom stereocenters. The van der Waals surface area contributed by atoms with Gasteiger partial charge in [0, 0.05) is 12.0 Å². The van der Waals surface area contributed by atoms with E-state index in [1.807, 2.05) is 44.2 Å². The van der Waals surface area contributed by atoms with Crippen LogP contribution in [0.4, 0.5) is 0 Å². The highest BCUT2D eigenvalue weighted by Crippen LogP contribution is 2.25. The standard InChI is InChI=1S/C18H27NO3/c1-13(2)11-18(3,4)17(22)19-12-15(16(20)21)10-14-8-6-5-7-9-14/h5-9,13,15H,10-12H2,1-4H3,(H,19,22)(H,20,21). The molecule has 0 radical (unpaired) electrons. The molecule has 0 aliphatic carbocycles. The third-order valence-corrected chi connectivity index (χ3v) is 3.72. The van der Waals surface area contributed by atoms with Gasteiger partial charge in [-0.3, -0.25) is 9.59 Å². The second-order valence-corrected chi connectivity index (χ2v) is 6.92. The van der Waals surface area contributed by atoms with Gasteiger partial charge in [-0.1, -0.05) is 58.0 Å². The van der Waals surface area contributed by atoms with Crippen LogP contribution in [0.1, 0.15) is 39.7 Å². The molecule has 0 saturated heterocycles. The number of benzene rings is 1. The fraction of sp³-hybridized carbons (Fsp3) is 0.556. The van der Waals surface area contributed by atoms with Crippen LogP contribution in [-0.4, -0.2) is 23.5 Å². The minimum atomic E-state index is -0.884. The van der Waals surface area contributed by atoms with Crippen LogP contribution >= 0.6 is 0 Å². The van der Waals surface area contributed by atoms with Gasteiger partial charge < -0.3 is 10.4 Å². The molecule has 1 rings (SSSR count). The van der Waals surface area contributed by atoms with Crippen LogP contribution in [0.25, 0.3) is 0 Å². The van der Waals surface area contributed by atoms with E-state index >= 15 is 0 Å². The Morgan fingerprint density at radius 1 is 1.18 bits per heavy atom. The molecule has 1 unspecified atom stereocenters. The summed E-state index contributed by atoms with van der Waals surface area (Å²) in [5, 5.41) is 12.2. The first-order valence-electron chi connectivity index (χ1n) is 7.77. The molecule has 0 aliphatic heterocycles. The van der Waals surface area contributed by atoms with Gasteiger partial charge in [0.15, 0.2) is 0 Å². The first-order valence-corrected chi connectivity index (χ1v) is 7.77. The molecule has 1 aromatic rings. The smallest absolute Gasteiger partial charge is 0.308 e. The second kappa shape index (κ2) is 7.97. The number of hydrogen-bond donors (Lipinski definition) is 2. The van der Waals surface area contributed by atoms with Gasteiger partial charge in [-0.15, -0.1) is 0 Å². The molecule has 0 fully saturated rings. The van der Waals surface area contributed by atoms with Crippen LogP contribution < -0.4 is 5.32 Å². The normalized spacial score (nSPS) is 13.0. The lowest BCUT2D eigenvalue weighted by atomic mass is 9.83. The Morgan fingerprint density at radius 2 is 1.77 bits per heavy atom. The minimum absolute atomic E-state index is 0.0829. The SMILES string of the molecule is CC(C)CC(C)(C)C(=O)NCC(Cc1ccccc1)C(=O)O. The third-order valence-electron chi connectivity index (χ3n) is 3.72. The molecule has 0 saturated carbocycles. The van der Waals surface area contributed by atoms with E-state index in [2.05, 4.69) is 19.2 Å². The average Bonchev–Trinajstić information content (AvgIpc) is 2.42. The van der Waals surface area contributed by atoms with E-state index in [1.165, 1.54) is 0 Å². The summed E-state index contributed by atoms with van der Waals surface area (Å²) in [6.07, 6.45) is 1.19. The molecule has 22 heavy (non-hydrogen) atoms. The zero-order valence-electron chi connectivity index (χ0n) is 13.9. The molecule has 0 bridgehead atoms. The third kappa shape index (κ3) is 5.88. The summed E-state index contributed by atoms with van der Waals surface area (Å²) in [6.45, 7) is 8.10. The molecular weight excluding hydrogens is 278 g/mol. The number of hydrogen-bond acceptors (Lipinski definition) is 2. The van der Waals surface area contributed by atoms with Crippen molar-refractivity contribution in [1.82, 2.24) is 5.32 Å². The predicted molar refractivity (Wildman–Crippen MR) is 87.5 cm³/mol. The largest absolute Gasteiger partial charge is 0.481 e. The van der Waals surface area contributed by atoms with E-state index in [4.69, 9.17) is 0 Å². The van der Waals surface area contributed by atoms with Gasteiger partial charge in [-0.2, -0.15) is 0 Å². The quantitative estimate of drug-likeness (QED) is 0.775. The molecular formula is C18H27NO3. The van der Waals surface area contributed by atoms with Crippen molar-refractivity contribution in [1.29, 1.82) is 0 Å². The van der Waals surface area contributed by atoms with Crippen molar-refractivity contribution in [3.8, 4) is 0 Å². The molecule has 2 N–H and O–H groups in total. The van der Waals surface area contributed by atoms with Gasteiger partial charge in [-0.25, -0.2) is 0 Å². The lowest BCUT2D eigenvalue weighted by Crippen LogP contribution is -2.41. The first kappa shape index (κ1) is 18.2. The number of rotatable bonds is 8. The van der Waals surface area contributed by atoms with Gasteiger partial charge in [0.25, 0.3) is 0 Å². The van der Waals surface area contributed by atoms with E-state index in [1.54, 1.807) is 0 Å². The monoisotopic (exact) mass is 305 g/mol. The summed E-state index contributed by atoms with van der Waals surface area (Å²) in [5.41, 5.74) is 0.481. The fourth-order valence-electron chi connectivity index (χ4n) is 2.71.